The van der Waals surface area contributed by atoms with E-state index in [1.54, 1.807) is 6.92 Å². The van der Waals surface area contributed by atoms with Crippen LogP contribution in [0.15, 0.2) is 91.0 Å². The first-order chi connectivity index (χ1) is 20.7. The van der Waals surface area contributed by atoms with E-state index in [0.717, 1.165) is 23.1 Å². The summed E-state index contributed by atoms with van der Waals surface area (Å²) < 4.78 is 17.9. The molecule has 228 valence electrons. The topological polar surface area (TPSA) is 127 Å². The Kier molecular flexibility index (Phi) is 13.8. The number of rotatable bonds is 18. The third-order valence-electron chi connectivity index (χ3n) is 6.99. The minimum absolute atomic E-state index is 0.0875. The molecule has 0 aliphatic carbocycles. The van der Waals surface area contributed by atoms with E-state index in [2.05, 4.69) is 5.32 Å². The lowest BCUT2D eigenvalue weighted by Crippen LogP contribution is -2.47. The van der Waals surface area contributed by atoms with Crippen molar-refractivity contribution in [3.05, 3.63) is 108 Å². The van der Waals surface area contributed by atoms with E-state index in [-0.39, 0.29) is 5.75 Å². The van der Waals surface area contributed by atoms with E-state index >= 15 is 0 Å². The van der Waals surface area contributed by atoms with Crippen molar-refractivity contribution in [1.29, 1.82) is 0 Å². The first-order valence-corrected chi connectivity index (χ1v) is 15.9. The lowest BCUT2D eigenvalue weighted by atomic mass is 9.92. The lowest BCUT2D eigenvalue weighted by Gasteiger charge is -2.20. The molecule has 0 saturated carbocycles. The molecule has 3 unspecified atom stereocenters. The van der Waals surface area contributed by atoms with Crippen molar-refractivity contribution >= 4 is 34.4 Å². The second-order valence-corrected chi connectivity index (χ2v) is 12.2. The molecule has 0 saturated heterocycles. The number of ketones is 1. The predicted octanol–water partition coefficient (Wildman–Crippen LogP) is 4.18. The highest BCUT2D eigenvalue weighted by Gasteiger charge is 2.29. The first kappa shape index (κ1) is 33.4. The minimum atomic E-state index is -1.38. The number of carbonyl (C=O) groups excluding carboxylic acids is 3. The van der Waals surface area contributed by atoms with Crippen LogP contribution in [0.4, 0.5) is 0 Å². The number of Topliss-reactive ketones (excluding diaryl/α,β-unsaturated/α-hetero) is 1. The van der Waals surface area contributed by atoms with Gasteiger partial charge in [0, 0.05) is 28.2 Å². The maximum absolute atomic E-state index is 13.1. The summed E-state index contributed by atoms with van der Waals surface area (Å²) in [6.07, 6.45) is 1.62. The van der Waals surface area contributed by atoms with Crippen LogP contribution in [0.25, 0.3) is 0 Å². The summed E-state index contributed by atoms with van der Waals surface area (Å²) in [5.41, 5.74) is 3.02. The maximum Gasteiger partial charge on any atom is 0.310 e. The van der Waals surface area contributed by atoms with Gasteiger partial charge in [0.2, 0.25) is 5.91 Å². The Labute approximate surface area is 255 Å². The Morgan fingerprint density at radius 2 is 1.33 bits per heavy atom. The number of carbonyl (C=O) groups is 4. The van der Waals surface area contributed by atoms with Gasteiger partial charge in [-0.1, -0.05) is 97.9 Å². The molecule has 0 spiro atoms. The fraction of sp³-hybridized carbons (Fsp3) is 0.353. The Hall–Kier alpha value is -4.11. The number of carboxylic acids is 1. The Morgan fingerprint density at radius 3 is 1.84 bits per heavy atom. The highest BCUT2D eigenvalue weighted by Crippen LogP contribution is 2.17. The van der Waals surface area contributed by atoms with Gasteiger partial charge in [0.05, 0.1) is 12.3 Å². The number of aryl methyl sites for hydroxylation is 1. The van der Waals surface area contributed by atoms with Gasteiger partial charge >= 0.3 is 11.9 Å². The van der Waals surface area contributed by atoms with Gasteiger partial charge in [0.15, 0.2) is 12.4 Å². The van der Waals surface area contributed by atoms with Crippen molar-refractivity contribution in [3.63, 3.8) is 0 Å². The number of aliphatic carboxylic acids is 1. The number of amides is 1. The molecule has 8 nitrogen and oxygen atoms in total. The van der Waals surface area contributed by atoms with E-state index in [4.69, 9.17) is 4.74 Å². The van der Waals surface area contributed by atoms with Gasteiger partial charge in [-0.2, -0.15) is 0 Å². The molecule has 3 atom stereocenters. The van der Waals surface area contributed by atoms with Crippen LogP contribution >= 0.6 is 0 Å². The van der Waals surface area contributed by atoms with Crippen LogP contribution in [-0.2, 0) is 54.0 Å². The molecule has 0 aromatic heterocycles. The summed E-state index contributed by atoms with van der Waals surface area (Å²) in [6.45, 7) is 0.918. The molecule has 3 aromatic carbocycles. The number of hydrogen-bond acceptors (Lipinski definition) is 6. The molecule has 9 heteroatoms. The molecule has 3 rings (SSSR count). The number of esters is 1. The second-order valence-electron chi connectivity index (χ2n) is 10.6. The molecule has 43 heavy (non-hydrogen) atoms. The Balaban J connectivity index is 1.54. The van der Waals surface area contributed by atoms with Crippen molar-refractivity contribution < 1.29 is 33.2 Å². The van der Waals surface area contributed by atoms with Crippen LogP contribution in [-0.4, -0.2) is 57.1 Å². The first-order valence-electron chi connectivity index (χ1n) is 14.4. The quantitative estimate of drug-likeness (QED) is 0.208. The summed E-state index contributed by atoms with van der Waals surface area (Å²) in [5.74, 6) is -3.93. The van der Waals surface area contributed by atoms with Crippen molar-refractivity contribution in [1.82, 2.24) is 5.32 Å². The summed E-state index contributed by atoms with van der Waals surface area (Å²) in [4.78, 5) is 50.4. The van der Waals surface area contributed by atoms with Crippen LogP contribution < -0.4 is 5.32 Å². The van der Waals surface area contributed by atoms with E-state index in [1.807, 2.05) is 91.0 Å². The van der Waals surface area contributed by atoms with E-state index < -0.39 is 65.3 Å². The molecule has 0 heterocycles. The van der Waals surface area contributed by atoms with Crippen molar-refractivity contribution in [3.8, 4) is 0 Å². The van der Waals surface area contributed by atoms with Gasteiger partial charge < -0.3 is 15.2 Å². The molecule has 2 N–H and O–H groups in total. The van der Waals surface area contributed by atoms with Crippen LogP contribution in [0.1, 0.15) is 36.5 Å². The molecule has 0 radical (unpaired) electrons. The Morgan fingerprint density at radius 1 is 0.814 bits per heavy atom. The number of carboxylic acid groups (broad SMARTS) is 1. The highest BCUT2D eigenvalue weighted by atomic mass is 32.2. The van der Waals surface area contributed by atoms with Gasteiger partial charge in [-0.15, -0.1) is 0 Å². The van der Waals surface area contributed by atoms with Crippen molar-refractivity contribution in [2.24, 2.45) is 11.8 Å². The molecular formula is C34H39NO7S. The molecule has 0 bridgehead atoms. The van der Waals surface area contributed by atoms with Gasteiger partial charge in [-0.3, -0.25) is 23.4 Å². The third-order valence-corrected chi connectivity index (χ3v) is 8.60. The highest BCUT2D eigenvalue weighted by molar-refractivity contribution is 7.85. The predicted molar refractivity (Wildman–Crippen MR) is 166 cm³/mol. The second kappa shape index (κ2) is 17.8. The molecular weight excluding hydrogens is 566 g/mol. The number of benzene rings is 3. The smallest absolute Gasteiger partial charge is 0.310 e. The fourth-order valence-electron chi connectivity index (χ4n) is 4.65. The average Bonchev–Trinajstić information content (AvgIpc) is 3.00. The zero-order valence-corrected chi connectivity index (χ0v) is 25.2. The zero-order valence-electron chi connectivity index (χ0n) is 24.4. The third kappa shape index (κ3) is 12.3. The average molecular weight is 606 g/mol. The van der Waals surface area contributed by atoms with E-state index in [9.17, 15) is 28.5 Å². The van der Waals surface area contributed by atoms with E-state index in [0.29, 0.717) is 25.0 Å². The summed E-state index contributed by atoms with van der Waals surface area (Å²) in [7, 11) is -1.26. The summed E-state index contributed by atoms with van der Waals surface area (Å²) in [5, 5.41) is 11.8. The van der Waals surface area contributed by atoms with Gasteiger partial charge in [0.1, 0.15) is 6.04 Å². The summed E-state index contributed by atoms with van der Waals surface area (Å²) >= 11 is 0. The van der Waals surface area contributed by atoms with Crippen LogP contribution in [0.2, 0.25) is 0 Å². The van der Waals surface area contributed by atoms with Gasteiger partial charge in [-0.25, -0.2) is 0 Å². The summed E-state index contributed by atoms with van der Waals surface area (Å²) in [6, 6.07) is 27.4. The van der Waals surface area contributed by atoms with Crippen LogP contribution in [0.3, 0.4) is 0 Å². The molecule has 1 amide bonds. The fourth-order valence-corrected chi connectivity index (χ4v) is 5.99. The monoisotopic (exact) mass is 605 g/mol. The largest absolute Gasteiger partial charge is 0.481 e. The number of hydrogen-bond donors (Lipinski definition) is 2. The molecule has 0 fully saturated rings. The van der Waals surface area contributed by atoms with Crippen molar-refractivity contribution in [2.75, 3.05) is 18.1 Å². The zero-order chi connectivity index (χ0) is 31.0. The SMILES string of the molecule is CC(CS(=O)CCCc1ccccc1)C(=O)NC(CC(=O)O)C(=O)COC(=O)C(Cc1ccccc1)Cc1ccccc1. The molecule has 0 aliphatic rings. The molecule has 0 aliphatic heterocycles. The van der Waals surface area contributed by atoms with Crippen LogP contribution in [0.5, 0.6) is 0 Å². The minimum Gasteiger partial charge on any atom is -0.481 e. The Bertz CT molecular complexity index is 1310. The number of nitrogens with one attached hydrogen (secondary N) is 1. The molecule has 3 aromatic rings. The van der Waals surface area contributed by atoms with Gasteiger partial charge in [0.25, 0.3) is 0 Å². The maximum atomic E-state index is 13.1. The van der Waals surface area contributed by atoms with Crippen molar-refractivity contribution in [2.45, 2.75) is 45.1 Å². The lowest BCUT2D eigenvalue weighted by molar-refractivity contribution is -0.153. The van der Waals surface area contributed by atoms with Gasteiger partial charge in [-0.05, 0) is 42.4 Å². The van der Waals surface area contributed by atoms with Crippen LogP contribution in [0, 0.1) is 11.8 Å². The standard InChI is InChI=1S/C34H39NO7S/c1-25(24-43(41)19-11-18-26-12-5-2-6-13-26)33(39)35-30(22-32(37)38)31(36)23-42-34(40)29(20-27-14-7-3-8-15-27)21-28-16-9-4-10-17-28/h2-10,12-17,25,29-30H,11,18-24H2,1H3,(H,35,39)(H,37,38). The van der Waals surface area contributed by atoms with E-state index in [1.165, 1.54) is 0 Å². The number of ether oxygens (including phenoxy) is 1. The normalized spacial score (nSPS) is 13.1.